The molecule has 1 amide bonds. The van der Waals surface area contributed by atoms with Crippen molar-refractivity contribution in [1.29, 1.82) is 0 Å². The van der Waals surface area contributed by atoms with Crippen LogP contribution in [0.2, 0.25) is 0 Å². The van der Waals surface area contributed by atoms with Crippen LogP contribution in [0.15, 0.2) is 5.38 Å². The van der Waals surface area contributed by atoms with E-state index in [1.54, 1.807) is 24.1 Å². The Morgan fingerprint density at radius 2 is 2.38 bits per heavy atom. The van der Waals surface area contributed by atoms with E-state index in [0.29, 0.717) is 24.5 Å². The number of aromatic nitrogens is 1. The van der Waals surface area contributed by atoms with Crippen LogP contribution in [0.25, 0.3) is 0 Å². The smallest absolute Gasteiger partial charge is 0.288 e. The van der Waals surface area contributed by atoms with Crippen LogP contribution in [-0.2, 0) is 16.4 Å². The first-order valence-electron chi connectivity index (χ1n) is 6.46. The van der Waals surface area contributed by atoms with Gasteiger partial charge in [0.1, 0.15) is 5.37 Å². The van der Waals surface area contributed by atoms with Crippen LogP contribution in [0.4, 0.5) is 0 Å². The van der Waals surface area contributed by atoms with Crippen LogP contribution in [0.3, 0.4) is 0 Å². The minimum Gasteiger partial charge on any atom is -0.288 e. The summed E-state index contributed by atoms with van der Waals surface area (Å²) in [6.45, 7) is 2.79. The molecule has 0 aliphatic carbocycles. The number of carbonyl (C=O) groups is 1. The zero-order chi connectivity index (χ0) is 15.5. The molecule has 10 heteroatoms. The Hall–Kier alpha value is -0.680. The van der Waals surface area contributed by atoms with E-state index in [-0.39, 0.29) is 10.8 Å². The van der Waals surface area contributed by atoms with Crippen LogP contribution in [0, 0.1) is 0 Å². The Labute approximate surface area is 132 Å². The number of sulfone groups is 1. The average molecular weight is 350 g/mol. The number of nitrogen functional groups attached to an aromatic ring is 1. The van der Waals surface area contributed by atoms with E-state index >= 15 is 0 Å². The summed E-state index contributed by atoms with van der Waals surface area (Å²) in [6.07, 6.45) is 0. The number of amides is 1. The summed E-state index contributed by atoms with van der Waals surface area (Å²) < 4.78 is 24.3. The lowest BCUT2D eigenvalue weighted by Gasteiger charge is -2.34. The summed E-state index contributed by atoms with van der Waals surface area (Å²) >= 11 is 2.85. The van der Waals surface area contributed by atoms with Gasteiger partial charge < -0.3 is 0 Å². The molecular weight excluding hydrogens is 332 g/mol. The molecular formula is C11H18N4O3S3. The fourth-order valence-corrected chi connectivity index (χ4v) is 5.86. The van der Waals surface area contributed by atoms with Crippen molar-refractivity contribution in [3.8, 4) is 0 Å². The summed E-state index contributed by atoms with van der Waals surface area (Å²) in [6, 6.07) is 0. The van der Waals surface area contributed by atoms with Crippen LogP contribution < -0.4 is 11.3 Å². The van der Waals surface area contributed by atoms with Gasteiger partial charge in [-0.25, -0.2) is 19.2 Å². The number of thiazole rings is 1. The molecule has 0 aromatic carbocycles. The molecule has 7 nitrogen and oxygen atoms in total. The second-order valence-corrected chi connectivity index (χ2v) is 9.02. The Morgan fingerprint density at radius 3 is 3.05 bits per heavy atom. The van der Waals surface area contributed by atoms with Crippen molar-refractivity contribution >= 4 is 38.8 Å². The molecule has 1 atom stereocenters. The molecule has 1 unspecified atom stereocenters. The van der Waals surface area contributed by atoms with Crippen molar-refractivity contribution in [2.45, 2.75) is 18.8 Å². The van der Waals surface area contributed by atoms with Gasteiger partial charge in [-0.3, -0.25) is 15.1 Å². The monoisotopic (exact) mass is 350 g/mol. The highest BCUT2D eigenvalue weighted by molar-refractivity contribution is 8.01. The molecule has 2 rings (SSSR count). The molecule has 1 aliphatic rings. The van der Waals surface area contributed by atoms with E-state index in [2.05, 4.69) is 4.98 Å². The first-order chi connectivity index (χ1) is 9.97. The van der Waals surface area contributed by atoms with E-state index in [1.807, 2.05) is 10.3 Å². The standard InChI is InChI=1S/C11H18N4O3S3/c1-2-21(17,18)9-7-19-4-3-15(9)5-8-6-20-11(13-8)10(16)14-12/h6,9H,2-5,7,12H2,1H3,(H,14,16). The van der Waals surface area contributed by atoms with Gasteiger partial charge in [-0.1, -0.05) is 6.92 Å². The van der Waals surface area contributed by atoms with Crippen LogP contribution in [0.5, 0.6) is 0 Å². The summed E-state index contributed by atoms with van der Waals surface area (Å²) in [7, 11) is -3.12. The lowest BCUT2D eigenvalue weighted by molar-refractivity contribution is 0.0953. The summed E-state index contributed by atoms with van der Waals surface area (Å²) in [5.41, 5.74) is 2.73. The number of hydrazine groups is 1. The van der Waals surface area contributed by atoms with E-state index in [1.165, 1.54) is 11.3 Å². The van der Waals surface area contributed by atoms with Crippen molar-refractivity contribution in [3.63, 3.8) is 0 Å². The first kappa shape index (κ1) is 16.7. The Bertz CT molecular complexity index is 602. The maximum Gasteiger partial charge on any atom is 0.294 e. The van der Waals surface area contributed by atoms with E-state index < -0.39 is 21.1 Å². The lowest BCUT2D eigenvalue weighted by Crippen LogP contribution is -2.47. The fourth-order valence-electron chi connectivity index (χ4n) is 2.07. The molecule has 1 aromatic heterocycles. The molecule has 0 bridgehead atoms. The van der Waals surface area contributed by atoms with E-state index in [0.717, 1.165) is 5.75 Å². The number of rotatable bonds is 5. The number of nitrogens with one attached hydrogen (secondary N) is 1. The van der Waals surface area contributed by atoms with Gasteiger partial charge >= 0.3 is 0 Å². The van der Waals surface area contributed by atoms with Crippen LogP contribution in [-0.4, -0.2) is 53.4 Å². The maximum absolute atomic E-state index is 12.2. The molecule has 2 heterocycles. The predicted octanol–water partition coefficient (Wildman–Crippen LogP) is 0.0562. The molecule has 21 heavy (non-hydrogen) atoms. The van der Waals surface area contributed by atoms with Crippen molar-refractivity contribution in [3.05, 3.63) is 16.1 Å². The molecule has 0 spiro atoms. The van der Waals surface area contributed by atoms with Gasteiger partial charge in [0.2, 0.25) is 0 Å². The third kappa shape index (κ3) is 3.95. The van der Waals surface area contributed by atoms with E-state index in [4.69, 9.17) is 5.84 Å². The molecule has 3 N–H and O–H groups in total. The number of hydrogen-bond acceptors (Lipinski definition) is 8. The van der Waals surface area contributed by atoms with Crippen molar-refractivity contribution in [1.82, 2.24) is 15.3 Å². The fraction of sp³-hybridized carbons (Fsp3) is 0.636. The summed E-state index contributed by atoms with van der Waals surface area (Å²) in [5, 5.41) is 1.57. The third-order valence-corrected chi connectivity index (χ3v) is 7.47. The quantitative estimate of drug-likeness (QED) is 0.439. The minimum atomic E-state index is -3.12. The minimum absolute atomic E-state index is 0.132. The van der Waals surface area contributed by atoms with E-state index in [9.17, 15) is 13.2 Å². The van der Waals surface area contributed by atoms with Gasteiger partial charge in [0.05, 0.1) is 5.69 Å². The number of nitrogens with zero attached hydrogens (tertiary/aromatic N) is 2. The number of thioether (sulfide) groups is 1. The highest BCUT2D eigenvalue weighted by Crippen LogP contribution is 2.23. The molecule has 0 saturated carbocycles. The molecule has 1 aliphatic heterocycles. The topological polar surface area (TPSA) is 105 Å². The normalized spacial score (nSPS) is 20.4. The second-order valence-electron chi connectivity index (χ2n) is 4.57. The third-order valence-electron chi connectivity index (χ3n) is 3.25. The Morgan fingerprint density at radius 1 is 1.62 bits per heavy atom. The summed E-state index contributed by atoms with van der Waals surface area (Å²) in [5.74, 6) is 6.25. The first-order valence-corrected chi connectivity index (χ1v) is 10.2. The zero-order valence-electron chi connectivity index (χ0n) is 11.6. The van der Waals surface area contributed by atoms with Crippen molar-refractivity contribution < 1.29 is 13.2 Å². The predicted molar refractivity (Wildman–Crippen MR) is 84.8 cm³/mol. The number of nitrogens with two attached hydrogens (primary N) is 1. The summed E-state index contributed by atoms with van der Waals surface area (Å²) in [4.78, 5) is 17.5. The van der Waals surface area contributed by atoms with Crippen LogP contribution >= 0.6 is 23.1 Å². The van der Waals surface area contributed by atoms with Crippen molar-refractivity contribution in [2.75, 3.05) is 23.8 Å². The van der Waals surface area contributed by atoms with Gasteiger partial charge in [-0.15, -0.1) is 11.3 Å². The largest absolute Gasteiger partial charge is 0.294 e. The van der Waals surface area contributed by atoms with Crippen molar-refractivity contribution in [2.24, 2.45) is 5.84 Å². The van der Waals surface area contributed by atoms with Gasteiger partial charge in [-0.05, 0) is 0 Å². The molecule has 1 fully saturated rings. The van der Waals surface area contributed by atoms with Gasteiger partial charge in [-0.2, -0.15) is 11.8 Å². The lowest BCUT2D eigenvalue weighted by atomic mass is 10.4. The molecule has 0 radical (unpaired) electrons. The highest BCUT2D eigenvalue weighted by Gasteiger charge is 2.33. The Balaban J connectivity index is 2.12. The van der Waals surface area contributed by atoms with Crippen LogP contribution in [0.1, 0.15) is 22.4 Å². The average Bonchev–Trinajstić information content (AvgIpc) is 2.95. The number of carbonyl (C=O) groups excluding carboxylic acids is 1. The second kappa shape index (κ2) is 7.05. The van der Waals surface area contributed by atoms with Gasteiger partial charge in [0.15, 0.2) is 14.8 Å². The SMILES string of the molecule is CCS(=O)(=O)C1CSCCN1Cc1csc(C(=O)NN)n1. The molecule has 118 valence electrons. The van der Waals surface area contributed by atoms with Gasteiger partial charge in [0, 0.05) is 35.7 Å². The van der Waals surface area contributed by atoms with Gasteiger partial charge in [0.25, 0.3) is 5.91 Å². The highest BCUT2D eigenvalue weighted by atomic mass is 32.2. The maximum atomic E-state index is 12.2. The zero-order valence-corrected chi connectivity index (χ0v) is 14.1. The molecule has 1 aromatic rings. The number of hydrogen-bond donors (Lipinski definition) is 2. The Kier molecular flexibility index (Phi) is 5.60. The molecule has 1 saturated heterocycles.